The number of ether oxygens (including phenoxy) is 1. The van der Waals surface area contributed by atoms with Gasteiger partial charge in [-0.2, -0.15) is 0 Å². The lowest BCUT2D eigenvalue weighted by Gasteiger charge is -2.19. The fourth-order valence-electron chi connectivity index (χ4n) is 2.45. The minimum Gasteiger partial charge on any atom is -0.494 e. The quantitative estimate of drug-likeness (QED) is 0.688. The molecule has 3 atom stereocenters. The molecule has 0 radical (unpaired) electrons. The van der Waals surface area contributed by atoms with Gasteiger partial charge in [-0.3, -0.25) is 5.43 Å². The molecule has 1 aromatic rings. The molecule has 4 heteroatoms. The van der Waals surface area contributed by atoms with Crippen molar-refractivity contribution in [2.24, 2.45) is 5.92 Å². The summed E-state index contributed by atoms with van der Waals surface area (Å²) in [4.78, 5) is 0. The van der Waals surface area contributed by atoms with Gasteiger partial charge in [-0.15, -0.1) is 0 Å². The molecule has 1 fully saturated rings. The monoisotopic (exact) mass is 264 g/mol. The highest BCUT2D eigenvalue weighted by atomic mass is 16.5. The molecule has 1 saturated heterocycles. The van der Waals surface area contributed by atoms with Gasteiger partial charge in [0.2, 0.25) is 0 Å². The van der Waals surface area contributed by atoms with Crippen LogP contribution in [-0.4, -0.2) is 24.4 Å². The molecule has 0 saturated carbocycles. The van der Waals surface area contributed by atoms with E-state index >= 15 is 0 Å². The standard InChI is InChI=1S/C15H24N2O2/c1-3-4-8-19-13-7-5-6-12(9-13)15-14(10-18)11(2)16-17-15/h5-7,9,11,14-18H,3-4,8,10H2,1-2H3. The van der Waals surface area contributed by atoms with Crippen LogP contribution in [0.15, 0.2) is 24.3 Å². The van der Waals surface area contributed by atoms with Crippen LogP contribution in [0.1, 0.15) is 38.3 Å². The largest absolute Gasteiger partial charge is 0.494 e. The lowest BCUT2D eigenvalue weighted by Crippen LogP contribution is -2.29. The SMILES string of the molecule is CCCCOc1cccc(C2NNC(C)C2CO)c1. The van der Waals surface area contributed by atoms with Crippen LogP contribution in [0.4, 0.5) is 0 Å². The van der Waals surface area contributed by atoms with Gasteiger partial charge >= 0.3 is 0 Å². The van der Waals surface area contributed by atoms with Gasteiger partial charge in [-0.1, -0.05) is 25.5 Å². The zero-order chi connectivity index (χ0) is 13.7. The van der Waals surface area contributed by atoms with E-state index in [1.807, 2.05) is 12.1 Å². The van der Waals surface area contributed by atoms with E-state index in [9.17, 15) is 5.11 Å². The Kier molecular flexibility index (Phi) is 5.19. The normalized spacial score (nSPS) is 26.6. The molecular formula is C15H24N2O2. The van der Waals surface area contributed by atoms with Crippen molar-refractivity contribution in [2.75, 3.05) is 13.2 Å². The Morgan fingerprint density at radius 1 is 1.32 bits per heavy atom. The fourth-order valence-corrected chi connectivity index (χ4v) is 2.45. The lowest BCUT2D eigenvalue weighted by molar-refractivity contribution is 0.204. The summed E-state index contributed by atoms with van der Waals surface area (Å²) in [6.45, 7) is 5.17. The average molecular weight is 264 g/mol. The van der Waals surface area contributed by atoms with E-state index < -0.39 is 0 Å². The zero-order valence-electron chi connectivity index (χ0n) is 11.7. The van der Waals surface area contributed by atoms with E-state index in [1.54, 1.807) is 0 Å². The zero-order valence-corrected chi connectivity index (χ0v) is 11.7. The number of nitrogens with one attached hydrogen (secondary N) is 2. The van der Waals surface area contributed by atoms with Crippen LogP contribution >= 0.6 is 0 Å². The first-order valence-corrected chi connectivity index (χ1v) is 7.11. The Labute approximate surface area is 115 Å². The van der Waals surface area contributed by atoms with Crippen molar-refractivity contribution >= 4 is 0 Å². The second-order valence-electron chi connectivity index (χ2n) is 5.18. The van der Waals surface area contributed by atoms with Gasteiger partial charge in [0.05, 0.1) is 12.6 Å². The van der Waals surface area contributed by atoms with Crippen molar-refractivity contribution in [3.63, 3.8) is 0 Å². The molecule has 1 aromatic carbocycles. The minimum atomic E-state index is 0.134. The number of aliphatic hydroxyl groups is 1. The van der Waals surface area contributed by atoms with Crippen LogP contribution < -0.4 is 15.6 Å². The number of rotatable bonds is 6. The van der Waals surface area contributed by atoms with Crippen LogP contribution in [0.25, 0.3) is 0 Å². The van der Waals surface area contributed by atoms with Crippen LogP contribution in [0.2, 0.25) is 0 Å². The average Bonchev–Trinajstić information content (AvgIpc) is 2.80. The molecular weight excluding hydrogens is 240 g/mol. The molecule has 19 heavy (non-hydrogen) atoms. The summed E-state index contributed by atoms with van der Waals surface area (Å²) in [5, 5.41) is 9.50. The van der Waals surface area contributed by atoms with E-state index in [0.29, 0.717) is 0 Å². The first-order chi connectivity index (χ1) is 9.26. The van der Waals surface area contributed by atoms with E-state index in [-0.39, 0.29) is 24.6 Å². The maximum Gasteiger partial charge on any atom is 0.119 e. The van der Waals surface area contributed by atoms with Crippen LogP contribution in [0.3, 0.4) is 0 Å². The van der Waals surface area contributed by atoms with Gasteiger partial charge in [0.1, 0.15) is 5.75 Å². The predicted molar refractivity (Wildman–Crippen MR) is 75.9 cm³/mol. The second-order valence-corrected chi connectivity index (χ2v) is 5.18. The molecule has 3 unspecified atom stereocenters. The number of hydrogen-bond acceptors (Lipinski definition) is 4. The number of benzene rings is 1. The van der Waals surface area contributed by atoms with Crippen LogP contribution in [0.5, 0.6) is 5.75 Å². The molecule has 1 heterocycles. The molecule has 0 aromatic heterocycles. The summed E-state index contributed by atoms with van der Waals surface area (Å²) in [5.74, 6) is 1.09. The number of hydrogen-bond donors (Lipinski definition) is 3. The van der Waals surface area contributed by atoms with Gasteiger partial charge in [0.15, 0.2) is 0 Å². The summed E-state index contributed by atoms with van der Waals surface area (Å²) in [5.41, 5.74) is 7.60. The molecule has 106 valence electrons. The van der Waals surface area contributed by atoms with Crippen molar-refractivity contribution in [3.8, 4) is 5.75 Å². The molecule has 3 N–H and O–H groups in total. The molecule has 4 nitrogen and oxygen atoms in total. The third-order valence-electron chi connectivity index (χ3n) is 3.73. The number of hydrazine groups is 1. The third kappa shape index (κ3) is 3.47. The first kappa shape index (κ1) is 14.3. The van der Waals surface area contributed by atoms with Gasteiger partial charge < -0.3 is 9.84 Å². The molecule has 2 rings (SSSR count). The molecule has 0 spiro atoms. The van der Waals surface area contributed by atoms with E-state index in [2.05, 4.69) is 36.8 Å². The molecule has 0 amide bonds. The maximum absolute atomic E-state index is 9.50. The molecule has 0 aliphatic carbocycles. The van der Waals surface area contributed by atoms with E-state index in [4.69, 9.17) is 4.74 Å². The minimum absolute atomic E-state index is 0.134. The summed E-state index contributed by atoms with van der Waals surface area (Å²) in [6, 6.07) is 8.53. The Morgan fingerprint density at radius 3 is 2.89 bits per heavy atom. The summed E-state index contributed by atoms with van der Waals surface area (Å²) in [7, 11) is 0. The molecule has 0 bridgehead atoms. The van der Waals surface area contributed by atoms with Gasteiger partial charge in [0, 0.05) is 18.6 Å². The summed E-state index contributed by atoms with van der Waals surface area (Å²) >= 11 is 0. The Bertz CT molecular complexity index is 397. The van der Waals surface area contributed by atoms with E-state index in [1.165, 1.54) is 0 Å². The number of aliphatic hydroxyl groups excluding tert-OH is 1. The Balaban J connectivity index is 2.05. The second kappa shape index (κ2) is 6.89. The third-order valence-corrected chi connectivity index (χ3v) is 3.73. The van der Waals surface area contributed by atoms with Crippen molar-refractivity contribution in [3.05, 3.63) is 29.8 Å². The van der Waals surface area contributed by atoms with E-state index in [0.717, 1.165) is 30.8 Å². The van der Waals surface area contributed by atoms with Crippen molar-refractivity contribution < 1.29 is 9.84 Å². The summed E-state index contributed by atoms with van der Waals surface area (Å²) < 4.78 is 5.73. The summed E-state index contributed by atoms with van der Waals surface area (Å²) in [6.07, 6.45) is 2.21. The number of unbranched alkanes of at least 4 members (excludes halogenated alkanes) is 1. The first-order valence-electron chi connectivity index (χ1n) is 7.11. The molecule has 1 aliphatic rings. The highest BCUT2D eigenvalue weighted by Crippen LogP contribution is 2.30. The Hall–Kier alpha value is -1.10. The highest BCUT2D eigenvalue weighted by molar-refractivity contribution is 5.31. The van der Waals surface area contributed by atoms with Gasteiger partial charge in [-0.25, -0.2) is 5.43 Å². The lowest BCUT2D eigenvalue weighted by atomic mass is 9.91. The van der Waals surface area contributed by atoms with Crippen molar-refractivity contribution in [2.45, 2.75) is 38.8 Å². The molecule has 1 aliphatic heterocycles. The fraction of sp³-hybridized carbons (Fsp3) is 0.600. The van der Waals surface area contributed by atoms with Crippen LogP contribution in [-0.2, 0) is 0 Å². The Morgan fingerprint density at radius 2 is 2.16 bits per heavy atom. The van der Waals surface area contributed by atoms with Crippen molar-refractivity contribution in [1.29, 1.82) is 0 Å². The highest BCUT2D eigenvalue weighted by Gasteiger charge is 2.33. The van der Waals surface area contributed by atoms with Crippen molar-refractivity contribution in [1.82, 2.24) is 10.9 Å². The topological polar surface area (TPSA) is 53.5 Å². The smallest absolute Gasteiger partial charge is 0.119 e. The van der Waals surface area contributed by atoms with Gasteiger partial charge in [-0.05, 0) is 31.0 Å². The van der Waals surface area contributed by atoms with Gasteiger partial charge in [0.25, 0.3) is 0 Å². The predicted octanol–water partition coefficient (Wildman–Crippen LogP) is 2.01. The maximum atomic E-state index is 9.50. The van der Waals surface area contributed by atoms with Crippen LogP contribution in [0, 0.1) is 5.92 Å².